The number of amides is 1. The van der Waals surface area contributed by atoms with E-state index in [4.69, 9.17) is 16.0 Å². The quantitative estimate of drug-likeness (QED) is 0.873. The Hall–Kier alpha value is -1.94. The lowest BCUT2D eigenvalue weighted by Crippen LogP contribution is -2.11. The van der Waals surface area contributed by atoms with Crippen LogP contribution in [-0.4, -0.2) is 11.0 Å². The van der Waals surface area contributed by atoms with Gasteiger partial charge in [-0.25, -0.2) is 0 Å². The largest absolute Gasteiger partial charge is 0.506 e. The van der Waals surface area contributed by atoms with Gasteiger partial charge in [0.2, 0.25) is 0 Å². The molecule has 0 atom stereocenters. The zero-order valence-corrected chi connectivity index (χ0v) is 10.7. The first-order valence-electron chi connectivity index (χ1n) is 5.34. The number of aromatic hydroxyl groups is 1. The summed E-state index contributed by atoms with van der Waals surface area (Å²) in [7, 11) is 0. The van der Waals surface area contributed by atoms with Crippen LogP contribution < -0.4 is 5.32 Å². The molecule has 1 aromatic heterocycles. The Morgan fingerprint density at radius 2 is 2.06 bits per heavy atom. The molecule has 0 aliphatic rings. The lowest BCUT2D eigenvalue weighted by Gasteiger charge is -2.05. The molecule has 0 bridgehead atoms. The number of anilines is 1. The summed E-state index contributed by atoms with van der Waals surface area (Å²) in [6, 6.07) is 6.19. The molecule has 2 N–H and O–H groups in total. The van der Waals surface area contributed by atoms with Crippen LogP contribution >= 0.6 is 11.6 Å². The molecule has 18 heavy (non-hydrogen) atoms. The first-order valence-corrected chi connectivity index (χ1v) is 5.72. The minimum Gasteiger partial charge on any atom is -0.506 e. The van der Waals surface area contributed by atoms with Crippen LogP contribution in [-0.2, 0) is 0 Å². The Morgan fingerprint density at radius 1 is 1.33 bits per heavy atom. The number of benzene rings is 1. The maximum atomic E-state index is 12.0. The van der Waals surface area contributed by atoms with Gasteiger partial charge < -0.3 is 14.8 Å². The van der Waals surface area contributed by atoms with E-state index in [2.05, 4.69) is 5.32 Å². The van der Waals surface area contributed by atoms with Crippen LogP contribution in [0.5, 0.6) is 5.75 Å². The third kappa shape index (κ3) is 2.49. The van der Waals surface area contributed by atoms with Crippen molar-refractivity contribution >= 4 is 23.2 Å². The molecule has 0 radical (unpaired) electrons. The van der Waals surface area contributed by atoms with Gasteiger partial charge in [-0.1, -0.05) is 11.6 Å². The van der Waals surface area contributed by atoms with Crippen LogP contribution in [0.15, 0.2) is 28.7 Å². The second kappa shape index (κ2) is 4.74. The Labute approximate surface area is 109 Å². The number of aryl methyl sites for hydroxylation is 2. The number of furan rings is 1. The molecule has 94 valence electrons. The molecule has 4 nitrogen and oxygen atoms in total. The predicted octanol–water partition coefficient (Wildman–Crippen LogP) is 3.51. The molecule has 1 aromatic carbocycles. The molecule has 0 saturated heterocycles. The zero-order chi connectivity index (χ0) is 13.3. The third-order valence-electron chi connectivity index (χ3n) is 2.49. The fourth-order valence-electron chi connectivity index (χ4n) is 1.65. The van der Waals surface area contributed by atoms with Crippen LogP contribution in [0.2, 0.25) is 5.02 Å². The van der Waals surface area contributed by atoms with Gasteiger partial charge in [-0.15, -0.1) is 0 Å². The Kier molecular flexibility index (Phi) is 3.30. The molecule has 1 amide bonds. The van der Waals surface area contributed by atoms with Crippen LogP contribution in [0, 0.1) is 13.8 Å². The van der Waals surface area contributed by atoms with E-state index in [1.165, 1.54) is 12.1 Å². The molecule has 0 aliphatic heterocycles. The average molecular weight is 266 g/mol. The number of hydrogen-bond donors (Lipinski definition) is 2. The molecular formula is C13H12ClNO3. The number of phenolic OH excluding ortho intramolecular Hbond substituents is 1. The third-order valence-corrected chi connectivity index (χ3v) is 2.81. The maximum absolute atomic E-state index is 12.0. The topological polar surface area (TPSA) is 62.5 Å². The van der Waals surface area contributed by atoms with Gasteiger partial charge in [0.25, 0.3) is 5.91 Å². The Bertz CT molecular complexity index is 604. The second-order valence-electron chi connectivity index (χ2n) is 3.95. The van der Waals surface area contributed by atoms with Gasteiger partial charge in [0.1, 0.15) is 17.3 Å². The summed E-state index contributed by atoms with van der Waals surface area (Å²) >= 11 is 5.69. The summed E-state index contributed by atoms with van der Waals surface area (Å²) in [6.07, 6.45) is 0. The molecule has 0 unspecified atom stereocenters. The van der Waals surface area contributed by atoms with Crippen molar-refractivity contribution in [1.29, 1.82) is 0 Å². The van der Waals surface area contributed by atoms with Gasteiger partial charge in [0.05, 0.1) is 10.6 Å². The van der Waals surface area contributed by atoms with Gasteiger partial charge in [0, 0.05) is 11.8 Å². The van der Waals surface area contributed by atoms with E-state index in [0.717, 1.165) is 0 Å². The van der Waals surface area contributed by atoms with E-state index < -0.39 is 0 Å². The van der Waals surface area contributed by atoms with Crippen molar-refractivity contribution in [2.45, 2.75) is 13.8 Å². The second-order valence-corrected chi connectivity index (χ2v) is 4.35. The highest BCUT2D eigenvalue weighted by Crippen LogP contribution is 2.26. The molecule has 5 heteroatoms. The number of carbonyl (C=O) groups is 1. The SMILES string of the molecule is Cc1cc(C(=O)Nc2ccc(Cl)c(O)c2)c(C)o1. The number of halogens is 1. The van der Waals surface area contributed by atoms with Crippen molar-refractivity contribution in [3.63, 3.8) is 0 Å². The minimum atomic E-state index is -0.286. The van der Waals surface area contributed by atoms with Crippen LogP contribution in [0.3, 0.4) is 0 Å². The monoisotopic (exact) mass is 265 g/mol. The van der Waals surface area contributed by atoms with Crippen molar-refractivity contribution < 1.29 is 14.3 Å². The molecular weight excluding hydrogens is 254 g/mol. The maximum Gasteiger partial charge on any atom is 0.259 e. The lowest BCUT2D eigenvalue weighted by atomic mass is 10.2. The van der Waals surface area contributed by atoms with Gasteiger partial charge in [-0.2, -0.15) is 0 Å². The van der Waals surface area contributed by atoms with Crippen molar-refractivity contribution in [3.05, 3.63) is 46.4 Å². The molecule has 0 aliphatic carbocycles. The van der Waals surface area contributed by atoms with Crippen molar-refractivity contribution in [2.75, 3.05) is 5.32 Å². The average Bonchev–Trinajstić information content (AvgIpc) is 2.63. The highest BCUT2D eigenvalue weighted by Gasteiger charge is 2.14. The summed E-state index contributed by atoms with van der Waals surface area (Å²) in [6.45, 7) is 3.50. The van der Waals surface area contributed by atoms with Gasteiger partial charge in [-0.05, 0) is 32.0 Å². The highest BCUT2D eigenvalue weighted by molar-refractivity contribution is 6.32. The van der Waals surface area contributed by atoms with E-state index in [9.17, 15) is 9.90 Å². The molecule has 0 saturated carbocycles. The smallest absolute Gasteiger partial charge is 0.259 e. The molecule has 2 aromatic rings. The van der Waals surface area contributed by atoms with E-state index in [1.807, 2.05) is 0 Å². The minimum absolute atomic E-state index is 0.0745. The molecule has 0 spiro atoms. The predicted molar refractivity (Wildman–Crippen MR) is 69.3 cm³/mol. The van der Waals surface area contributed by atoms with E-state index in [0.29, 0.717) is 22.8 Å². The standard InChI is InChI=1S/C13H12ClNO3/c1-7-5-10(8(2)18-7)13(17)15-9-3-4-11(14)12(16)6-9/h3-6,16H,1-2H3,(H,15,17). The number of carbonyl (C=O) groups excluding carboxylic acids is 1. The number of phenols is 1. The van der Waals surface area contributed by atoms with Crippen molar-refractivity contribution in [2.24, 2.45) is 0 Å². The van der Waals surface area contributed by atoms with E-state index in [1.54, 1.807) is 26.0 Å². The van der Waals surface area contributed by atoms with Gasteiger partial charge in [-0.3, -0.25) is 4.79 Å². The summed E-state index contributed by atoms with van der Waals surface area (Å²) in [5.74, 6) is 0.875. The summed E-state index contributed by atoms with van der Waals surface area (Å²) in [5, 5.41) is 12.3. The van der Waals surface area contributed by atoms with Crippen LogP contribution in [0.25, 0.3) is 0 Å². The first-order chi connectivity index (χ1) is 8.47. The Balaban J connectivity index is 2.21. The summed E-state index contributed by atoms with van der Waals surface area (Å²) < 4.78 is 5.28. The lowest BCUT2D eigenvalue weighted by molar-refractivity contribution is 0.102. The fraction of sp³-hybridized carbons (Fsp3) is 0.154. The van der Waals surface area contributed by atoms with E-state index in [-0.39, 0.29) is 16.7 Å². The van der Waals surface area contributed by atoms with Crippen molar-refractivity contribution in [3.8, 4) is 5.75 Å². The summed E-state index contributed by atoms with van der Waals surface area (Å²) in [4.78, 5) is 12.0. The summed E-state index contributed by atoms with van der Waals surface area (Å²) in [5.41, 5.74) is 0.946. The Morgan fingerprint density at radius 3 is 2.61 bits per heavy atom. The number of rotatable bonds is 2. The molecule has 2 rings (SSSR count). The number of hydrogen-bond acceptors (Lipinski definition) is 3. The van der Waals surface area contributed by atoms with Gasteiger partial charge in [0.15, 0.2) is 0 Å². The zero-order valence-electron chi connectivity index (χ0n) is 9.95. The molecule has 1 heterocycles. The van der Waals surface area contributed by atoms with Crippen LogP contribution in [0.4, 0.5) is 5.69 Å². The highest BCUT2D eigenvalue weighted by atomic mass is 35.5. The van der Waals surface area contributed by atoms with Crippen molar-refractivity contribution in [1.82, 2.24) is 0 Å². The normalized spacial score (nSPS) is 10.4. The van der Waals surface area contributed by atoms with Gasteiger partial charge >= 0.3 is 0 Å². The van der Waals surface area contributed by atoms with Crippen LogP contribution in [0.1, 0.15) is 21.9 Å². The fourth-order valence-corrected chi connectivity index (χ4v) is 1.76. The van der Waals surface area contributed by atoms with E-state index >= 15 is 0 Å². The number of nitrogens with one attached hydrogen (secondary N) is 1. The molecule has 0 fully saturated rings. The first kappa shape index (κ1) is 12.5.